The molecule has 152 valence electrons. The van der Waals surface area contributed by atoms with Crippen LogP contribution in [0.1, 0.15) is 21.7 Å². The maximum atomic E-state index is 13.1. The summed E-state index contributed by atoms with van der Waals surface area (Å²) in [7, 11) is 0. The third-order valence-electron chi connectivity index (χ3n) is 5.17. The lowest BCUT2D eigenvalue weighted by atomic mass is 10.0. The van der Waals surface area contributed by atoms with E-state index in [0.29, 0.717) is 17.0 Å². The van der Waals surface area contributed by atoms with E-state index in [2.05, 4.69) is 15.5 Å². The second-order valence-electron chi connectivity index (χ2n) is 7.30. The molecule has 0 saturated heterocycles. The van der Waals surface area contributed by atoms with Gasteiger partial charge in [0.2, 0.25) is 0 Å². The van der Waals surface area contributed by atoms with Gasteiger partial charge in [-0.25, -0.2) is 4.39 Å². The van der Waals surface area contributed by atoms with Crippen molar-refractivity contribution in [1.29, 1.82) is 0 Å². The van der Waals surface area contributed by atoms with Crippen LogP contribution in [-0.2, 0) is 6.54 Å². The van der Waals surface area contributed by atoms with E-state index in [9.17, 15) is 9.18 Å². The van der Waals surface area contributed by atoms with Gasteiger partial charge < -0.3 is 5.32 Å². The molecule has 6 nitrogen and oxygen atoms in total. The predicted octanol–water partition coefficient (Wildman–Crippen LogP) is 4.32. The molecule has 7 heteroatoms. The fourth-order valence-electron chi connectivity index (χ4n) is 3.52. The van der Waals surface area contributed by atoms with Crippen LogP contribution in [0.4, 0.5) is 4.39 Å². The van der Waals surface area contributed by atoms with Gasteiger partial charge in [0.1, 0.15) is 5.82 Å². The number of benzene rings is 3. The highest BCUT2D eigenvalue weighted by Gasteiger charge is 2.16. The molecule has 5 aromatic rings. The Balaban J connectivity index is 1.55. The van der Waals surface area contributed by atoms with Crippen molar-refractivity contribution in [2.24, 2.45) is 0 Å². The Labute approximate surface area is 177 Å². The molecule has 0 radical (unpaired) electrons. The quantitative estimate of drug-likeness (QED) is 0.478. The summed E-state index contributed by atoms with van der Waals surface area (Å²) in [6.07, 6.45) is 0. The molecule has 1 amide bonds. The van der Waals surface area contributed by atoms with Crippen LogP contribution in [0.15, 0.2) is 72.8 Å². The molecule has 5 rings (SSSR count). The number of nitrogens with one attached hydrogen (secondary N) is 1. The van der Waals surface area contributed by atoms with Gasteiger partial charge in [-0.2, -0.15) is 9.61 Å². The predicted molar refractivity (Wildman–Crippen MR) is 116 cm³/mol. The number of nitrogens with zero attached hydrogens (tertiary/aromatic N) is 4. The molecule has 0 saturated carbocycles. The molecule has 0 fully saturated rings. The second-order valence-corrected chi connectivity index (χ2v) is 7.30. The standard InChI is InChI=1S/C24H18FN5O/c1-15-6-8-16(9-7-15)22-19-4-2-3-5-20(19)23-28-27-21(30(23)29-22)14-26-24(31)17-10-12-18(25)13-11-17/h2-13H,14H2,1H3,(H,26,31). The highest BCUT2D eigenvalue weighted by Crippen LogP contribution is 2.29. The number of fused-ring (bicyclic) bond motifs is 3. The summed E-state index contributed by atoms with van der Waals surface area (Å²) in [5.74, 6) is -0.208. The minimum atomic E-state index is -0.389. The molecule has 0 aliphatic heterocycles. The van der Waals surface area contributed by atoms with Crippen molar-refractivity contribution in [2.75, 3.05) is 0 Å². The van der Waals surface area contributed by atoms with E-state index in [1.54, 1.807) is 4.52 Å². The number of halogens is 1. The van der Waals surface area contributed by atoms with E-state index in [1.807, 2.05) is 55.5 Å². The van der Waals surface area contributed by atoms with Gasteiger partial charge in [0.25, 0.3) is 5.91 Å². The fourth-order valence-corrected chi connectivity index (χ4v) is 3.52. The fraction of sp³-hybridized carbons (Fsp3) is 0.0833. The van der Waals surface area contributed by atoms with E-state index in [0.717, 1.165) is 22.0 Å². The Hall–Kier alpha value is -4.13. The monoisotopic (exact) mass is 411 g/mol. The van der Waals surface area contributed by atoms with Crippen molar-refractivity contribution in [1.82, 2.24) is 25.1 Å². The van der Waals surface area contributed by atoms with Gasteiger partial charge in [-0.3, -0.25) is 4.79 Å². The number of amides is 1. The maximum Gasteiger partial charge on any atom is 0.251 e. The Morgan fingerprint density at radius 2 is 1.65 bits per heavy atom. The van der Waals surface area contributed by atoms with Gasteiger partial charge in [0.15, 0.2) is 11.5 Å². The molecular formula is C24H18FN5O. The van der Waals surface area contributed by atoms with Gasteiger partial charge in [0, 0.05) is 21.9 Å². The van der Waals surface area contributed by atoms with Crippen LogP contribution in [-0.4, -0.2) is 25.7 Å². The van der Waals surface area contributed by atoms with E-state index >= 15 is 0 Å². The molecule has 0 atom stereocenters. The lowest BCUT2D eigenvalue weighted by molar-refractivity contribution is 0.0949. The van der Waals surface area contributed by atoms with Crippen molar-refractivity contribution in [3.63, 3.8) is 0 Å². The molecule has 2 aromatic heterocycles. The SMILES string of the molecule is Cc1ccc(-c2nn3c(CNC(=O)c4ccc(F)cc4)nnc3c3ccccc23)cc1. The van der Waals surface area contributed by atoms with Crippen molar-refractivity contribution in [3.8, 4) is 11.3 Å². The zero-order valence-corrected chi connectivity index (χ0v) is 16.7. The van der Waals surface area contributed by atoms with Crippen LogP contribution in [0.2, 0.25) is 0 Å². The van der Waals surface area contributed by atoms with Crippen molar-refractivity contribution >= 4 is 22.3 Å². The summed E-state index contributed by atoms with van der Waals surface area (Å²) in [6.45, 7) is 2.18. The minimum absolute atomic E-state index is 0.135. The second kappa shape index (κ2) is 7.60. The van der Waals surface area contributed by atoms with Crippen LogP contribution < -0.4 is 5.32 Å². The molecule has 31 heavy (non-hydrogen) atoms. The molecule has 0 spiro atoms. The zero-order valence-electron chi connectivity index (χ0n) is 16.7. The molecule has 0 aliphatic rings. The first-order chi connectivity index (χ1) is 15.1. The smallest absolute Gasteiger partial charge is 0.251 e. The van der Waals surface area contributed by atoms with E-state index in [-0.39, 0.29) is 18.3 Å². The topological polar surface area (TPSA) is 72.2 Å². The van der Waals surface area contributed by atoms with Crippen LogP contribution >= 0.6 is 0 Å². The van der Waals surface area contributed by atoms with E-state index < -0.39 is 0 Å². The Morgan fingerprint density at radius 1 is 0.935 bits per heavy atom. The van der Waals surface area contributed by atoms with Gasteiger partial charge >= 0.3 is 0 Å². The zero-order chi connectivity index (χ0) is 21.4. The van der Waals surface area contributed by atoms with Crippen molar-refractivity contribution in [2.45, 2.75) is 13.5 Å². The van der Waals surface area contributed by atoms with E-state index in [4.69, 9.17) is 5.10 Å². The van der Waals surface area contributed by atoms with Gasteiger partial charge in [-0.05, 0) is 31.2 Å². The lowest BCUT2D eigenvalue weighted by Gasteiger charge is -2.09. The Morgan fingerprint density at radius 3 is 2.39 bits per heavy atom. The summed E-state index contributed by atoms with van der Waals surface area (Å²) in [5, 5.41) is 18.1. The number of aryl methyl sites for hydroxylation is 1. The minimum Gasteiger partial charge on any atom is -0.345 e. The Kier molecular flexibility index (Phi) is 4.63. The lowest BCUT2D eigenvalue weighted by Crippen LogP contribution is -2.24. The molecule has 0 bridgehead atoms. The first-order valence-corrected chi connectivity index (χ1v) is 9.84. The molecule has 0 unspecified atom stereocenters. The van der Waals surface area contributed by atoms with Crippen LogP contribution in [0.5, 0.6) is 0 Å². The summed E-state index contributed by atoms with van der Waals surface area (Å²) in [4.78, 5) is 12.4. The maximum absolute atomic E-state index is 13.1. The third-order valence-corrected chi connectivity index (χ3v) is 5.17. The molecular weight excluding hydrogens is 393 g/mol. The summed E-state index contributed by atoms with van der Waals surface area (Å²) >= 11 is 0. The van der Waals surface area contributed by atoms with Crippen LogP contribution in [0.3, 0.4) is 0 Å². The molecule has 2 heterocycles. The first-order valence-electron chi connectivity index (χ1n) is 9.84. The molecule has 3 aromatic carbocycles. The Bertz CT molecular complexity index is 1410. The number of hydrogen-bond donors (Lipinski definition) is 1. The molecule has 0 aliphatic carbocycles. The average Bonchev–Trinajstić information content (AvgIpc) is 3.21. The number of carbonyl (C=O) groups is 1. The number of aromatic nitrogens is 4. The largest absolute Gasteiger partial charge is 0.345 e. The van der Waals surface area contributed by atoms with Gasteiger partial charge in [0.05, 0.1) is 12.2 Å². The van der Waals surface area contributed by atoms with Crippen LogP contribution in [0.25, 0.3) is 27.7 Å². The number of hydrogen-bond acceptors (Lipinski definition) is 4. The van der Waals surface area contributed by atoms with Crippen molar-refractivity contribution < 1.29 is 9.18 Å². The first kappa shape index (κ1) is 18.9. The summed E-state index contributed by atoms with van der Waals surface area (Å²) in [6, 6.07) is 21.5. The summed E-state index contributed by atoms with van der Waals surface area (Å²) < 4.78 is 14.8. The van der Waals surface area contributed by atoms with Gasteiger partial charge in [-0.1, -0.05) is 54.1 Å². The van der Waals surface area contributed by atoms with Crippen LogP contribution in [0, 0.1) is 12.7 Å². The van der Waals surface area contributed by atoms with Gasteiger partial charge in [-0.15, -0.1) is 10.2 Å². The normalized spacial score (nSPS) is 11.2. The third kappa shape index (κ3) is 3.50. The summed E-state index contributed by atoms with van der Waals surface area (Å²) in [5.41, 5.74) is 3.96. The number of rotatable bonds is 4. The number of carbonyl (C=O) groups excluding carboxylic acids is 1. The average molecular weight is 411 g/mol. The molecule has 1 N–H and O–H groups in total. The highest BCUT2D eigenvalue weighted by atomic mass is 19.1. The van der Waals surface area contributed by atoms with E-state index in [1.165, 1.54) is 29.8 Å². The van der Waals surface area contributed by atoms with Crippen molar-refractivity contribution in [3.05, 3.63) is 95.6 Å². The highest BCUT2D eigenvalue weighted by molar-refractivity contribution is 6.01.